The van der Waals surface area contributed by atoms with Crippen molar-refractivity contribution in [1.29, 1.82) is 0 Å². The van der Waals surface area contributed by atoms with Crippen LogP contribution in [-0.2, 0) is 16.0 Å². The molecule has 0 aliphatic carbocycles. The molecular formula is C23H30ClN3O3. The number of nitrogens with two attached hydrogens (primary N) is 1. The first kappa shape index (κ1) is 23.5. The average Bonchev–Trinajstić information content (AvgIpc) is 2.76. The minimum Gasteiger partial charge on any atom is -0.493 e. The van der Waals surface area contributed by atoms with E-state index in [-0.39, 0.29) is 30.1 Å². The van der Waals surface area contributed by atoms with Gasteiger partial charge in [0, 0.05) is 25.3 Å². The fraction of sp³-hybridized carbons (Fsp3) is 0.391. The van der Waals surface area contributed by atoms with Gasteiger partial charge >= 0.3 is 0 Å². The minimum absolute atomic E-state index is 0. The van der Waals surface area contributed by atoms with Crippen molar-refractivity contribution in [3.63, 3.8) is 0 Å². The van der Waals surface area contributed by atoms with Crippen molar-refractivity contribution in [3.8, 4) is 5.75 Å². The number of likely N-dealkylation sites (tertiary alicyclic amines) is 1. The Labute approximate surface area is 184 Å². The van der Waals surface area contributed by atoms with Gasteiger partial charge in [-0.05, 0) is 49.1 Å². The van der Waals surface area contributed by atoms with Crippen LogP contribution in [0.2, 0.25) is 0 Å². The molecule has 0 spiro atoms. The standard InChI is InChI=1S/C23H29N3O3.ClH/c24-20-10-8-18(9-11-20)12-14-25-23(28)19-5-4-15-26(17-19)22(27)13-16-29-21-6-2-1-3-7-21;/h1-3,6-11,19H,4-5,12-17,24H2,(H,25,28);1H. The molecule has 1 aliphatic heterocycles. The van der Waals surface area contributed by atoms with Crippen molar-refractivity contribution in [2.45, 2.75) is 25.7 Å². The second-order valence-corrected chi connectivity index (χ2v) is 7.37. The Hall–Kier alpha value is -2.73. The first-order valence-electron chi connectivity index (χ1n) is 10.2. The van der Waals surface area contributed by atoms with E-state index < -0.39 is 0 Å². The van der Waals surface area contributed by atoms with Crippen molar-refractivity contribution < 1.29 is 14.3 Å². The SMILES string of the molecule is Cl.Nc1ccc(CCNC(=O)C2CCCN(C(=O)CCOc3ccccc3)C2)cc1. The van der Waals surface area contributed by atoms with Gasteiger partial charge in [-0.15, -0.1) is 12.4 Å². The largest absolute Gasteiger partial charge is 0.493 e. The average molecular weight is 432 g/mol. The number of nitrogens with one attached hydrogen (secondary N) is 1. The van der Waals surface area contributed by atoms with Crippen LogP contribution in [0.15, 0.2) is 54.6 Å². The summed E-state index contributed by atoms with van der Waals surface area (Å²) < 4.78 is 5.61. The smallest absolute Gasteiger partial charge is 0.226 e. The molecule has 7 heteroatoms. The minimum atomic E-state index is -0.144. The molecular weight excluding hydrogens is 402 g/mol. The lowest BCUT2D eigenvalue weighted by atomic mass is 9.96. The molecule has 2 aromatic carbocycles. The monoisotopic (exact) mass is 431 g/mol. The maximum absolute atomic E-state index is 12.5. The third-order valence-electron chi connectivity index (χ3n) is 5.17. The maximum atomic E-state index is 12.5. The van der Waals surface area contributed by atoms with E-state index in [1.807, 2.05) is 54.6 Å². The van der Waals surface area contributed by atoms with Gasteiger partial charge in [-0.1, -0.05) is 30.3 Å². The van der Waals surface area contributed by atoms with E-state index >= 15 is 0 Å². The van der Waals surface area contributed by atoms with Crippen LogP contribution < -0.4 is 15.8 Å². The maximum Gasteiger partial charge on any atom is 0.226 e. The van der Waals surface area contributed by atoms with Crippen LogP contribution in [0.25, 0.3) is 0 Å². The van der Waals surface area contributed by atoms with Crippen LogP contribution in [0.5, 0.6) is 5.75 Å². The second-order valence-electron chi connectivity index (χ2n) is 7.37. The van der Waals surface area contributed by atoms with Crippen LogP contribution in [-0.4, -0.2) is 43.0 Å². The number of carbonyl (C=O) groups excluding carboxylic acids is 2. The number of carbonyl (C=O) groups is 2. The van der Waals surface area contributed by atoms with Gasteiger partial charge in [0.15, 0.2) is 0 Å². The molecule has 0 bridgehead atoms. The van der Waals surface area contributed by atoms with Crippen molar-refractivity contribution in [2.24, 2.45) is 5.92 Å². The molecule has 0 aromatic heterocycles. The zero-order valence-electron chi connectivity index (χ0n) is 17.1. The van der Waals surface area contributed by atoms with Crippen LogP contribution in [0, 0.1) is 5.92 Å². The molecule has 2 aromatic rings. The Morgan fingerprint density at radius 1 is 1.10 bits per heavy atom. The van der Waals surface area contributed by atoms with Crippen LogP contribution >= 0.6 is 12.4 Å². The lowest BCUT2D eigenvalue weighted by molar-refractivity contribution is -0.136. The van der Waals surface area contributed by atoms with Crippen LogP contribution in [0.1, 0.15) is 24.8 Å². The molecule has 0 radical (unpaired) electrons. The Morgan fingerprint density at radius 2 is 1.83 bits per heavy atom. The number of para-hydroxylation sites is 1. The first-order valence-corrected chi connectivity index (χ1v) is 10.2. The molecule has 1 heterocycles. The fourth-order valence-electron chi connectivity index (χ4n) is 3.51. The van der Waals surface area contributed by atoms with Gasteiger partial charge in [0.2, 0.25) is 11.8 Å². The lowest BCUT2D eigenvalue weighted by Gasteiger charge is -2.32. The van der Waals surface area contributed by atoms with E-state index in [2.05, 4.69) is 5.32 Å². The Bertz CT molecular complexity index is 799. The van der Waals surface area contributed by atoms with E-state index in [4.69, 9.17) is 10.5 Å². The van der Waals surface area contributed by atoms with Crippen molar-refractivity contribution in [3.05, 3.63) is 60.2 Å². The number of ether oxygens (including phenoxy) is 1. The Morgan fingerprint density at radius 3 is 2.57 bits per heavy atom. The summed E-state index contributed by atoms with van der Waals surface area (Å²) >= 11 is 0. The zero-order chi connectivity index (χ0) is 20.5. The van der Waals surface area contributed by atoms with Gasteiger partial charge in [-0.2, -0.15) is 0 Å². The third-order valence-corrected chi connectivity index (χ3v) is 5.17. The summed E-state index contributed by atoms with van der Waals surface area (Å²) in [4.78, 5) is 26.8. The molecule has 6 nitrogen and oxygen atoms in total. The van der Waals surface area contributed by atoms with Gasteiger partial charge in [-0.3, -0.25) is 9.59 Å². The number of amides is 2. The summed E-state index contributed by atoms with van der Waals surface area (Å²) in [5.41, 5.74) is 7.56. The van der Waals surface area contributed by atoms with Crippen LogP contribution in [0.3, 0.4) is 0 Å². The molecule has 1 atom stereocenters. The molecule has 3 rings (SSSR count). The second kappa shape index (κ2) is 12.1. The molecule has 1 unspecified atom stereocenters. The van der Waals surface area contributed by atoms with E-state index in [0.29, 0.717) is 32.7 Å². The van der Waals surface area contributed by atoms with Gasteiger partial charge < -0.3 is 20.7 Å². The predicted octanol–water partition coefficient (Wildman–Crippen LogP) is 3.06. The highest BCUT2D eigenvalue weighted by molar-refractivity contribution is 5.85. The number of piperidine rings is 1. The molecule has 1 aliphatic rings. The predicted molar refractivity (Wildman–Crippen MR) is 121 cm³/mol. The normalized spacial score (nSPS) is 15.7. The van der Waals surface area contributed by atoms with E-state index in [1.165, 1.54) is 0 Å². The number of nitrogen functional groups attached to an aromatic ring is 1. The van der Waals surface area contributed by atoms with Gasteiger partial charge in [-0.25, -0.2) is 0 Å². The molecule has 1 saturated heterocycles. The Balaban J connectivity index is 0.00000320. The highest BCUT2D eigenvalue weighted by atomic mass is 35.5. The number of anilines is 1. The van der Waals surface area contributed by atoms with E-state index in [9.17, 15) is 9.59 Å². The lowest BCUT2D eigenvalue weighted by Crippen LogP contribution is -2.46. The van der Waals surface area contributed by atoms with Gasteiger partial charge in [0.1, 0.15) is 5.75 Å². The first-order chi connectivity index (χ1) is 14.1. The molecule has 0 saturated carbocycles. The van der Waals surface area contributed by atoms with E-state index in [1.54, 1.807) is 4.90 Å². The van der Waals surface area contributed by atoms with Gasteiger partial charge in [0.25, 0.3) is 0 Å². The third kappa shape index (κ3) is 7.26. The zero-order valence-corrected chi connectivity index (χ0v) is 17.9. The summed E-state index contributed by atoms with van der Waals surface area (Å²) in [5, 5.41) is 3.01. The number of hydrogen-bond donors (Lipinski definition) is 2. The molecule has 30 heavy (non-hydrogen) atoms. The number of halogens is 1. The molecule has 1 fully saturated rings. The van der Waals surface area contributed by atoms with Crippen molar-refractivity contribution >= 4 is 29.9 Å². The number of hydrogen-bond acceptors (Lipinski definition) is 4. The topological polar surface area (TPSA) is 84.7 Å². The molecule has 162 valence electrons. The quantitative estimate of drug-likeness (QED) is 0.629. The van der Waals surface area contributed by atoms with Gasteiger partial charge in [0.05, 0.1) is 18.9 Å². The van der Waals surface area contributed by atoms with E-state index in [0.717, 1.165) is 36.3 Å². The molecule has 3 N–H and O–H groups in total. The number of rotatable bonds is 8. The molecule has 2 amide bonds. The summed E-state index contributed by atoms with van der Waals surface area (Å²) in [5.74, 6) is 0.685. The summed E-state index contributed by atoms with van der Waals surface area (Å²) in [6, 6.07) is 17.1. The number of nitrogens with zero attached hydrogens (tertiary/aromatic N) is 1. The van der Waals surface area contributed by atoms with Crippen LogP contribution in [0.4, 0.5) is 5.69 Å². The summed E-state index contributed by atoms with van der Waals surface area (Å²) in [6.07, 6.45) is 2.75. The number of benzene rings is 2. The van der Waals surface area contributed by atoms with Crippen molar-refractivity contribution in [1.82, 2.24) is 10.2 Å². The summed E-state index contributed by atoms with van der Waals surface area (Å²) in [7, 11) is 0. The fourth-order valence-corrected chi connectivity index (χ4v) is 3.51. The summed E-state index contributed by atoms with van der Waals surface area (Å²) in [6.45, 7) is 2.12. The Kier molecular flexibility index (Phi) is 9.48. The highest BCUT2D eigenvalue weighted by Crippen LogP contribution is 2.18. The highest BCUT2D eigenvalue weighted by Gasteiger charge is 2.28. The van der Waals surface area contributed by atoms with Crippen molar-refractivity contribution in [2.75, 3.05) is 32.0 Å².